The minimum Gasteiger partial charge on any atom is -0.424 e. The Morgan fingerprint density at radius 2 is 1.79 bits per heavy atom. The van der Waals surface area contributed by atoms with Crippen molar-refractivity contribution in [3.05, 3.63) is 60.2 Å². The summed E-state index contributed by atoms with van der Waals surface area (Å²) in [5.41, 5.74) is 2.15. The smallest absolute Gasteiger partial charge is 0.296 e. The highest BCUT2D eigenvalue weighted by Gasteiger charge is 2.08. The van der Waals surface area contributed by atoms with Crippen LogP contribution in [-0.2, 0) is 0 Å². The number of carbonyl (C=O) groups excluding carboxylic acids is 1. The van der Waals surface area contributed by atoms with E-state index in [0.717, 1.165) is 5.52 Å². The molecule has 0 amide bonds. The van der Waals surface area contributed by atoms with Crippen molar-refractivity contribution in [2.24, 2.45) is 0 Å². The zero-order valence-electron chi connectivity index (χ0n) is 10.2. The normalized spacial score (nSPS) is 10.5. The summed E-state index contributed by atoms with van der Waals surface area (Å²) in [6, 6.07) is 17.0. The molecule has 0 atom stereocenters. The van der Waals surface area contributed by atoms with Gasteiger partial charge in [0, 0.05) is 5.56 Å². The highest BCUT2D eigenvalue weighted by atomic mass is 16.4. The molecule has 1 N–H and O–H groups in total. The molecule has 19 heavy (non-hydrogen) atoms. The molecule has 94 valence electrons. The summed E-state index contributed by atoms with van der Waals surface area (Å²) >= 11 is 0. The summed E-state index contributed by atoms with van der Waals surface area (Å²) in [4.78, 5) is 16.1. The number of nitrogens with one attached hydrogen (secondary N) is 1. The number of para-hydroxylation sites is 2. The predicted molar refractivity (Wildman–Crippen MR) is 73.3 cm³/mol. The molecule has 3 rings (SSSR count). The predicted octanol–water partition coefficient (Wildman–Crippen LogP) is 3.12. The molecule has 0 saturated heterocycles. The van der Waals surface area contributed by atoms with Gasteiger partial charge in [-0.1, -0.05) is 42.5 Å². The highest BCUT2D eigenvalue weighted by Crippen LogP contribution is 2.17. The second-order valence-corrected chi connectivity index (χ2v) is 4.13. The Labute approximate surface area is 110 Å². The Kier molecular flexibility index (Phi) is 2.98. The quantitative estimate of drug-likeness (QED) is 0.725. The number of anilines is 1. The van der Waals surface area contributed by atoms with Crippen LogP contribution in [0.15, 0.2) is 59.0 Å². The van der Waals surface area contributed by atoms with Gasteiger partial charge in [-0.3, -0.25) is 4.79 Å². The van der Waals surface area contributed by atoms with Crippen LogP contribution in [0.3, 0.4) is 0 Å². The highest BCUT2D eigenvalue weighted by molar-refractivity contribution is 5.98. The van der Waals surface area contributed by atoms with E-state index >= 15 is 0 Å². The van der Waals surface area contributed by atoms with E-state index in [0.29, 0.717) is 17.2 Å². The molecule has 1 aromatic heterocycles. The molecule has 0 aliphatic carbocycles. The molecular weight excluding hydrogens is 240 g/mol. The lowest BCUT2D eigenvalue weighted by Gasteiger charge is -2.00. The van der Waals surface area contributed by atoms with Crippen molar-refractivity contribution >= 4 is 22.9 Å². The van der Waals surface area contributed by atoms with E-state index in [1.165, 1.54) is 0 Å². The van der Waals surface area contributed by atoms with Gasteiger partial charge >= 0.3 is 0 Å². The lowest BCUT2D eigenvalue weighted by atomic mass is 10.1. The van der Waals surface area contributed by atoms with E-state index in [4.69, 9.17) is 4.42 Å². The number of benzene rings is 2. The van der Waals surface area contributed by atoms with Gasteiger partial charge < -0.3 is 9.73 Å². The van der Waals surface area contributed by atoms with E-state index in [1.54, 1.807) is 12.1 Å². The largest absolute Gasteiger partial charge is 0.424 e. The molecule has 2 aromatic carbocycles. The number of ketones is 1. The van der Waals surface area contributed by atoms with Gasteiger partial charge in [-0.2, -0.15) is 4.98 Å². The number of hydrogen-bond acceptors (Lipinski definition) is 4. The van der Waals surface area contributed by atoms with Gasteiger partial charge in [0.2, 0.25) is 0 Å². The molecule has 4 heteroatoms. The molecule has 1 heterocycles. The maximum atomic E-state index is 11.9. The van der Waals surface area contributed by atoms with Crippen molar-refractivity contribution in [2.75, 3.05) is 11.9 Å². The molecule has 0 spiro atoms. The van der Waals surface area contributed by atoms with Crippen LogP contribution in [0, 0.1) is 0 Å². The third kappa shape index (κ3) is 2.47. The standard InChI is InChI=1S/C15H12N2O2/c18-13(11-6-2-1-3-7-11)10-16-15-17-12-8-4-5-9-14(12)19-15/h1-9H,10H2,(H,16,17). The fraction of sp³-hybridized carbons (Fsp3) is 0.0667. The molecule has 0 unspecified atom stereocenters. The van der Waals surface area contributed by atoms with Gasteiger partial charge in [-0.15, -0.1) is 0 Å². The lowest BCUT2D eigenvalue weighted by molar-refractivity contribution is 0.101. The second-order valence-electron chi connectivity index (χ2n) is 4.13. The van der Waals surface area contributed by atoms with Crippen LogP contribution in [-0.4, -0.2) is 17.3 Å². The summed E-state index contributed by atoms with van der Waals surface area (Å²) in [5, 5.41) is 2.91. The monoisotopic (exact) mass is 252 g/mol. The SMILES string of the molecule is O=C(CNc1nc2ccccc2o1)c1ccccc1. The zero-order chi connectivity index (χ0) is 13.1. The maximum Gasteiger partial charge on any atom is 0.296 e. The number of hydrogen-bond donors (Lipinski definition) is 1. The fourth-order valence-electron chi connectivity index (χ4n) is 1.83. The number of carbonyl (C=O) groups is 1. The van der Waals surface area contributed by atoms with E-state index in [1.807, 2.05) is 42.5 Å². The van der Waals surface area contributed by atoms with Gasteiger partial charge in [0.15, 0.2) is 11.4 Å². The van der Waals surface area contributed by atoms with E-state index < -0.39 is 0 Å². The van der Waals surface area contributed by atoms with E-state index in [-0.39, 0.29) is 12.3 Å². The Hall–Kier alpha value is -2.62. The molecule has 3 aromatic rings. The minimum absolute atomic E-state index is 0.00264. The Balaban J connectivity index is 1.71. The molecule has 0 radical (unpaired) electrons. The van der Waals surface area contributed by atoms with Crippen LogP contribution in [0.4, 0.5) is 6.01 Å². The molecule has 0 bridgehead atoms. The third-order valence-electron chi connectivity index (χ3n) is 2.79. The summed E-state index contributed by atoms with van der Waals surface area (Å²) < 4.78 is 5.48. The average molecular weight is 252 g/mol. The van der Waals surface area contributed by atoms with Crippen molar-refractivity contribution in [1.29, 1.82) is 0 Å². The number of aromatic nitrogens is 1. The van der Waals surface area contributed by atoms with Crippen LogP contribution in [0.2, 0.25) is 0 Å². The van der Waals surface area contributed by atoms with E-state index in [9.17, 15) is 4.79 Å². The molecule has 0 aliphatic rings. The van der Waals surface area contributed by atoms with Crippen LogP contribution in [0.1, 0.15) is 10.4 Å². The van der Waals surface area contributed by atoms with Crippen LogP contribution >= 0.6 is 0 Å². The van der Waals surface area contributed by atoms with Crippen molar-refractivity contribution in [3.63, 3.8) is 0 Å². The first-order valence-electron chi connectivity index (χ1n) is 6.00. The van der Waals surface area contributed by atoms with Gasteiger partial charge in [0.1, 0.15) is 5.52 Å². The second kappa shape index (κ2) is 4.94. The molecule has 0 fully saturated rings. The molecule has 0 saturated carbocycles. The number of fused-ring (bicyclic) bond motifs is 1. The first-order valence-corrected chi connectivity index (χ1v) is 6.00. The topological polar surface area (TPSA) is 55.1 Å². The van der Waals surface area contributed by atoms with Crippen LogP contribution < -0.4 is 5.32 Å². The van der Waals surface area contributed by atoms with Gasteiger partial charge in [-0.05, 0) is 12.1 Å². The Morgan fingerprint density at radius 3 is 2.58 bits per heavy atom. The minimum atomic E-state index is 0.00264. The number of nitrogens with zero attached hydrogens (tertiary/aromatic N) is 1. The van der Waals surface area contributed by atoms with Crippen molar-refractivity contribution < 1.29 is 9.21 Å². The van der Waals surface area contributed by atoms with Crippen molar-refractivity contribution in [1.82, 2.24) is 4.98 Å². The third-order valence-corrected chi connectivity index (χ3v) is 2.79. The lowest BCUT2D eigenvalue weighted by Crippen LogP contribution is -2.13. The number of Topliss-reactive ketones (excluding diaryl/α,β-unsaturated/α-hetero) is 1. The summed E-state index contributed by atoms with van der Waals surface area (Å²) in [6.45, 7) is 0.164. The molecular formula is C15H12N2O2. The number of rotatable bonds is 4. The number of oxazole rings is 1. The first-order chi connectivity index (χ1) is 9.33. The van der Waals surface area contributed by atoms with E-state index in [2.05, 4.69) is 10.3 Å². The van der Waals surface area contributed by atoms with Crippen LogP contribution in [0.25, 0.3) is 11.1 Å². The molecule has 4 nitrogen and oxygen atoms in total. The van der Waals surface area contributed by atoms with Crippen LogP contribution in [0.5, 0.6) is 0 Å². The molecule has 0 aliphatic heterocycles. The summed E-state index contributed by atoms with van der Waals surface area (Å²) in [6.07, 6.45) is 0. The first kappa shape index (κ1) is 11.5. The van der Waals surface area contributed by atoms with Gasteiger partial charge in [0.25, 0.3) is 6.01 Å². The average Bonchev–Trinajstić information content (AvgIpc) is 2.88. The summed E-state index contributed by atoms with van der Waals surface area (Å²) in [7, 11) is 0. The van der Waals surface area contributed by atoms with Crippen molar-refractivity contribution in [2.45, 2.75) is 0 Å². The Morgan fingerprint density at radius 1 is 1.05 bits per heavy atom. The maximum absolute atomic E-state index is 11.9. The van der Waals surface area contributed by atoms with Gasteiger partial charge in [-0.25, -0.2) is 0 Å². The van der Waals surface area contributed by atoms with Gasteiger partial charge in [0.05, 0.1) is 6.54 Å². The van der Waals surface area contributed by atoms with Crippen molar-refractivity contribution in [3.8, 4) is 0 Å². The fourth-order valence-corrected chi connectivity index (χ4v) is 1.83. The zero-order valence-corrected chi connectivity index (χ0v) is 10.2. The summed E-state index contributed by atoms with van der Waals surface area (Å²) in [5.74, 6) is 0.00264. The Bertz CT molecular complexity index is 671.